The number of nitrogens with zero attached hydrogens (tertiary/aromatic N) is 6. The zero-order valence-electron chi connectivity index (χ0n) is 64.9. The van der Waals surface area contributed by atoms with E-state index >= 15 is 9.59 Å². The first-order chi connectivity index (χ1) is 53.4. The second kappa shape index (κ2) is 36.1. The molecule has 600 valence electrons. The Balaban J connectivity index is 0.000000238. The molecule has 2 aliphatic carbocycles. The number of rotatable bonds is 20. The lowest BCUT2D eigenvalue weighted by molar-refractivity contribution is -0.157. The van der Waals surface area contributed by atoms with Gasteiger partial charge in [0, 0.05) is 60.0 Å². The summed E-state index contributed by atoms with van der Waals surface area (Å²) in [4.78, 5) is 177. The van der Waals surface area contributed by atoms with Crippen LogP contribution in [0.15, 0.2) is 135 Å². The van der Waals surface area contributed by atoms with E-state index in [1.54, 1.807) is 122 Å². The zero-order chi connectivity index (χ0) is 81.0. The Bertz CT molecular complexity index is 4240. The molecule has 26 nitrogen and oxygen atoms in total. The van der Waals surface area contributed by atoms with Gasteiger partial charge >= 0.3 is 36.3 Å². The maximum absolute atomic E-state index is 15.1. The van der Waals surface area contributed by atoms with E-state index in [0.29, 0.717) is 41.5 Å². The van der Waals surface area contributed by atoms with Crippen LogP contribution in [0.25, 0.3) is 0 Å². The minimum absolute atomic E-state index is 0.00687. The summed E-state index contributed by atoms with van der Waals surface area (Å²) in [6, 6.07) is 20.2. The highest BCUT2D eigenvalue weighted by molar-refractivity contribution is 6.13. The summed E-state index contributed by atoms with van der Waals surface area (Å²) in [5.41, 5.74) is -2.86. The molecule has 0 aromatic heterocycles. The molecule has 4 aromatic carbocycles. The number of imide groups is 2. The zero-order valence-corrected chi connectivity index (χ0v) is 64.9. The van der Waals surface area contributed by atoms with Gasteiger partial charge in [-0.2, -0.15) is 0 Å². The standard InChI is InChI=1S/C43H53FN4O9.C41H49FN4O9/c1-7-10-11-12-16-22-34(45-40(53)57-42(4,5)6)37(50)47-26-31(56-41(54)46-25-29-20-17-21-33(44)32(29)27-46)23-35(47)38(51)48(36(49)28-18-14-13-15-19-28)43(24-30(43)8-2)39(52)55-9-3;1-5-53-37(50)41-22-28(41)18-12-7-6-8-13-20-32(43-38(51)55-40(2,3)4)35(48)45-24-29(54-39(52)44-23-27-17-14-19-31(42)30(27)25-44)21-33(45)36(49)46(41)34(47)26-15-10-9-11-16-26/h7-8,13-15,17-21,30-31,34-35H,1-2,9-12,16,22-27H2,3-6H3,(H,45,53);9-12,14-19,28-29,32-33H,5-8,13,20-25H2,1-4H3,(H,43,51)/b;18-12-/t30-,31-,34+,35+,43-;28-,29-,32+,33+,41-/m11/s1. The summed E-state index contributed by atoms with van der Waals surface area (Å²) in [6.45, 7) is 20.6. The van der Waals surface area contributed by atoms with Crippen LogP contribution in [-0.2, 0) is 83.4 Å². The first-order valence-corrected chi connectivity index (χ1v) is 38.5. The van der Waals surface area contributed by atoms with Gasteiger partial charge in [0.05, 0.1) is 39.4 Å². The van der Waals surface area contributed by atoms with Crippen molar-refractivity contribution < 1.29 is 94.7 Å². The lowest BCUT2D eigenvalue weighted by atomic mass is 10.0. The Morgan fingerprint density at radius 2 is 1.23 bits per heavy atom. The molecule has 2 N–H and O–H groups in total. The normalized spacial score (nSPS) is 23.7. The van der Waals surface area contributed by atoms with Gasteiger partial charge in [-0.25, -0.2) is 37.5 Å². The van der Waals surface area contributed by atoms with Crippen LogP contribution in [-0.4, -0.2) is 186 Å². The quantitative estimate of drug-likeness (QED) is 0.0273. The molecule has 4 fully saturated rings. The van der Waals surface area contributed by atoms with Crippen LogP contribution in [0.2, 0.25) is 0 Å². The molecule has 0 spiro atoms. The highest BCUT2D eigenvalue weighted by atomic mass is 19.1. The molecule has 0 bridgehead atoms. The fourth-order valence-electron chi connectivity index (χ4n) is 15.3. The minimum atomic E-state index is -1.74. The van der Waals surface area contributed by atoms with Crippen LogP contribution in [0, 0.1) is 23.5 Å². The summed E-state index contributed by atoms with van der Waals surface area (Å²) < 4.78 is 62.9. The fraction of sp³-hybridized carbons (Fsp3) is 0.500. The van der Waals surface area contributed by atoms with E-state index < -0.39 is 154 Å². The number of likely N-dealkylation sites (tertiary alicyclic amines) is 1. The molecule has 10 amide bonds. The van der Waals surface area contributed by atoms with Gasteiger partial charge in [-0.1, -0.05) is 111 Å². The van der Waals surface area contributed by atoms with Gasteiger partial charge in [0.25, 0.3) is 23.6 Å². The molecular formula is C84H102F2N8O18. The number of amides is 10. The van der Waals surface area contributed by atoms with Crippen LogP contribution in [0.3, 0.4) is 0 Å². The summed E-state index contributed by atoms with van der Waals surface area (Å²) in [7, 11) is 0. The first-order valence-electron chi connectivity index (χ1n) is 38.5. The van der Waals surface area contributed by atoms with Crippen molar-refractivity contribution in [3.63, 3.8) is 0 Å². The highest BCUT2D eigenvalue weighted by Crippen LogP contribution is 2.54. The second-order valence-corrected chi connectivity index (χ2v) is 31.2. The predicted octanol–water partition coefficient (Wildman–Crippen LogP) is 12.1. The van der Waals surface area contributed by atoms with Crippen molar-refractivity contribution in [1.82, 2.24) is 40.0 Å². The highest BCUT2D eigenvalue weighted by Gasteiger charge is 2.70. The molecule has 0 radical (unpaired) electrons. The number of hydrogen-bond acceptors (Lipinski definition) is 18. The second-order valence-electron chi connectivity index (χ2n) is 31.2. The van der Waals surface area contributed by atoms with E-state index in [0.717, 1.165) is 41.9 Å². The number of alkyl carbamates (subject to hydrolysis) is 2. The van der Waals surface area contributed by atoms with E-state index in [4.69, 9.17) is 28.4 Å². The van der Waals surface area contributed by atoms with Crippen LogP contribution in [0.1, 0.15) is 188 Å². The van der Waals surface area contributed by atoms with Crippen molar-refractivity contribution in [2.45, 2.75) is 230 Å². The number of ether oxygens (including phenoxy) is 6. The average Bonchev–Trinajstić information content (AvgIpc) is 1.55. The Kier molecular flexibility index (Phi) is 27.0. The lowest BCUT2D eigenvalue weighted by Gasteiger charge is -2.35. The van der Waals surface area contributed by atoms with E-state index in [2.05, 4.69) is 23.8 Å². The topological polar surface area (TPSA) is 304 Å². The van der Waals surface area contributed by atoms with Crippen LogP contribution in [0.4, 0.5) is 28.0 Å². The molecule has 11 rings (SSSR count). The lowest BCUT2D eigenvalue weighted by Crippen LogP contribution is -2.59. The Morgan fingerprint density at radius 1 is 0.652 bits per heavy atom. The molecule has 10 atom stereocenters. The third kappa shape index (κ3) is 19.4. The number of benzene rings is 4. The number of allylic oxidation sites excluding steroid dienone is 2. The molecule has 2 saturated heterocycles. The summed E-state index contributed by atoms with van der Waals surface area (Å²) >= 11 is 0. The molecule has 2 saturated carbocycles. The monoisotopic (exact) mass is 1550 g/mol. The maximum Gasteiger partial charge on any atom is 0.410 e. The van der Waals surface area contributed by atoms with Gasteiger partial charge in [0.2, 0.25) is 11.8 Å². The Morgan fingerprint density at radius 3 is 1.79 bits per heavy atom. The molecule has 7 aliphatic rings. The number of nitrogens with one attached hydrogen (secondary N) is 2. The van der Waals surface area contributed by atoms with E-state index in [-0.39, 0.29) is 102 Å². The van der Waals surface area contributed by atoms with Gasteiger partial charge in [0.1, 0.15) is 59.2 Å². The Labute approximate surface area is 651 Å². The van der Waals surface area contributed by atoms with E-state index in [9.17, 15) is 56.7 Å². The van der Waals surface area contributed by atoms with E-state index in [1.807, 2.05) is 12.2 Å². The molecule has 112 heavy (non-hydrogen) atoms. The molecular weight excluding hydrogens is 1450 g/mol. The van der Waals surface area contributed by atoms with Crippen LogP contribution < -0.4 is 10.6 Å². The molecule has 0 unspecified atom stereocenters. The maximum atomic E-state index is 15.1. The van der Waals surface area contributed by atoms with Crippen molar-refractivity contribution >= 4 is 71.8 Å². The molecule has 28 heteroatoms. The van der Waals surface area contributed by atoms with Gasteiger partial charge in [-0.3, -0.25) is 48.4 Å². The smallest absolute Gasteiger partial charge is 0.410 e. The number of halogens is 2. The van der Waals surface area contributed by atoms with Crippen molar-refractivity contribution in [3.8, 4) is 0 Å². The largest absolute Gasteiger partial charge is 0.464 e. The molecule has 4 aromatic rings. The summed E-state index contributed by atoms with van der Waals surface area (Å²) in [6.07, 6.45) is 7.44. The third-order valence-electron chi connectivity index (χ3n) is 20.9. The number of fused-ring (bicyclic) bond motifs is 4. The first kappa shape index (κ1) is 83.7. The van der Waals surface area contributed by atoms with Crippen molar-refractivity contribution in [2.75, 3.05) is 26.3 Å². The van der Waals surface area contributed by atoms with Crippen molar-refractivity contribution in [2.24, 2.45) is 11.8 Å². The van der Waals surface area contributed by atoms with Crippen molar-refractivity contribution in [3.05, 3.63) is 180 Å². The SMILES string of the molecule is C=CCCCCC[C@H](NC(=O)OC(C)(C)C)C(=O)N1C[C@H](OC(=O)N2Cc3cccc(F)c3C2)C[C@H]1C(=O)N(C(=O)c1ccccc1)[C@]1(C(=O)OCC)C[C@H]1C=C.CCOC(=O)[C@@]12C[C@H]1/C=C\CCCCC[C@H](NC(=O)OC(C)(C)C)C(=O)N1C[C@H](OC(=O)N3Cc4cccc(F)c4C3)C[C@H]1C(=O)N2C(=O)c1ccccc1. The number of carbonyl (C=O) groups is 12. The summed E-state index contributed by atoms with van der Waals surface area (Å²) in [5.74, 6) is -8.14. The predicted molar refractivity (Wildman–Crippen MR) is 404 cm³/mol. The van der Waals surface area contributed by atoms with Crippen molar-refractivity contribution in [1.29, 1.82) is 0 Å². The van der Waals surface area contributed by atoms with Crippen LogP contribution in [0.5, 0.6) is 0 Å². The fourth-order valence-corrected chi connectivity index (χ4v) is 15.3. The Hall–Kier alpha value is -10.8. The number of esters is 2. The average molecular weight is 1550 g/mol. The number of unbranched alkanes of at least 4 members (excludes halogenated alkanes) is 3. The minimum Gasteiger partial charge on any atom is -0.464 e. The summed E-state index contributed by atoms with van der Waals surface area (Å²) in [5, 5.41) is 5.38. The molecule has 5 aliphatic heterocycles. The number of hydrogen-bond donors (Lipinski definition) is 2. The van der Waals surface area contributed by atoms with Gasteiger partial charge in [0.15, 0.2) is 11.1 Å². The number of carbonyl (C=O) groups excluding carboxylic acids is 12. The third-order valence-corrected chi connectivity index (χ3v) is 20.9. The van der Waals surface area contributed by atoms with Crippen LogP contribution >= 0.6 is 0 Å². The van der Waals surface area contributed by atoms with Gasteiger partial charge in [-0.15, -0.1) is 13.2 Å². The molecule has 5 heterocycles. The van der Waals surface area contributed by atoms with E-state index in [1.165, 1.54) is 62.1 Å². The van der Waals surface area contributed by atoms with Gasteiger partial charge < -0.3 is 48.9 Å². The van der Waals surface area contributed by atoms with Gasteiger partial charge in [-0.05, 0) is 154 Å².